The zero-order valence-corrected chi connectivity index (χ0v) is 11.6. The molecule has 4 nitrogen and oxygen atoms in total. The third-order valence-electron chi connectivity index (χ3n) is 4.32. The van der Waals surface area contributed by atoms with Crippen molar-refractivity contribution in [3.63, 3.8) is 0 Å². The summed E-state index contributed by atoms with van der Waals surface area (Å²) < 4.78 is 0. The van der Waals surface area contributed by atoms with E-state index in [1.54, 1.807) is 6.33 Å². The fraction of sp³-hybridized carbons (Fsp3) is 0.733. The monoisotopic (exact) mass is 260 g/mol. The molecule has 0 radical (unpaired) electrons. The van der Waals surface area contributed by atoms with Crippen molar-refractivity contribution in [3.8, 4) is 0 Å². The van der Waals surface area contributed by atoms with Gasteiger partial charge in [0, 0.05) is 23.8 Å². The summed E-state index contributed by atoms with van der Waals surface area (Å²) in [6.07, 6.45) is 11.7. The summed E-state index contributed by atoms with van der Waals surface area (Å²) in [5, 5.41) is 7.08. The summed E-state index contributed by atoms with van der Waals surface area (Å²) in [6, 6.07) is 0.702. The molecule has 1 aromatic rings. The predicted octanol–water partition coefficient (Wildman–Crippen LogP) is 2.30. The van der Waals surface area contributed by atoms with Crippen LogP contribution in [-0.2, 0) is 12.8 Å². The molecular formula is C15H24N4. The predicted molar refractivity (Wildman–Crippen MR) is 77.4 cm³/mol. The summed E-state index contributed by atoms with van der Waals surface area (Å²) >= 11 is 0. The first-order valence-corrected chi connectivity index (χ1v) is 7.73. The highest BCUT2D eigenvalue weighted by Crippen LogP contribution is 2.23. The quantitative estimate of drug-likeness (QED) is 0.816. The fourth-order valence-corrected chi connectivity index (χ4v) is 3.22. The minimum Gasteiger partial charge on any atom is -0.370 e. The Balaban J connectivity index is 1.60. The van der Waals surface area contributed by atoms with Gasteiger partial charge in [-0.1, -0.05) is 6.42 Å². The van der Waals surface area contributed by atoms with Crippen LogP contribution in [0.4, 0.5) is 5.82 Å². The molecule has 1 saturated heterocycles. The molecule has 1 aromatic heterocycles. The van der Waals surface area contributed by atoms with Crippen LogP contribution in [-0.4, -0.2) is 29.1 Å². The lowest BCUT2D eigenvalue weighted by atomic mass is 10.1. The Hall–Kier alpha value is -1.16. The van der Waals surface area contributed by atoms with Gasteiger partial charge in [-0.2, -0.15) is 0 Å². The van der Waals surface area contributed by atoms with Gasteiger partial charge in [0.1, 0.15) is 12.1 Å². The zero-order chi connectivity index (χ0) is 12.9. The Morgan fingerprint density at radius 2 is 2.11 bits per heavy atom. The van der Waals surface area contributed by atoms with Crippen LogP contribution in [0.2, 0.25) is 0 Å². The first-order valence-electron chi connectivity index (χ1n) is 7.73. The van der Waals surface area contributed by atoms with Crippen molar-refractivity contribution in [1.82, 2.24) is 15.3 Å². The zero-order valence-electron chi connectivity index (χ0n) is 11.6. The number of aryl methyl sites for hydroxylation is 1. The van der Waals surface area contributed by atoms with Gasteiger partial charge in [0.25, 0.3) is 0 Å². The summed E-state index contributed by atoms with van der Waals surface area (Å²) in [5.41, 5.74) is 2.65. The highest BCUT2D eigenvalue weighted by Gasteiger charge is 2.16. The molecule has 1 atom stereocenters. The second-order valence-corrected chi connectivity index (χ2v) is 5.72. The van der Waals surface area contributed by atoms with Crippen LogP contribution in [0.3, 0.4) is 0 Å². The molecule has 2 heterocycles. The van der Waals surface area contributed by atoms with Gasteiger partial charge in [-0.15, -0.1) is 0 Å². The molecule has 104 valence electrons. The summed E-state index contributed by atoms with van der Waals surface area (Å²) in [4.78, 5) is 8.92. The lowest BCUT2D eigenvalue weighted by Crippen LogP contribution is -2.24. The number of anilines is 1. The number of fused-ring (bicyclic) bond motifs is 1. The van der Waals surface area contributed by atoms with Crippen LogP contribution in [0, 0.1) is 0 Å². The smallest absolute Gasteiger partial charge is 0.132 e. The van der Waals surface area contributed by atoms with Crippen molar-refractivity contribution in [2.45, 2.75) is 57.4 Å². The molecule has 0 spiro atoms. The Morgan fingerprint density at radius 1 is 1.16 bits per heavy atom. The van der Waals surface area contributed by atoms with Gasteiger partial charge in [-0.3, -0.25) is 0 Å². The number of rotatable bonds is 4. The first-order chi connectivity index (χ1) is 9.43. The van der Waals surface area contributed by atoms with Gasteiger partial charge in [0.05, 0.1) is 0 Å². The Bertz CT molecular complexity index is 413. The summed E-state index contributed by atoms with van der Waals surface area (Å²) in [5.74, 6) is 1.09. The van der Waals surface area contributed by atoms with E-state index in [0.717, 1.165) is 25.2 Å². The van der Waals surface area contributed by atoms with Crippen LogP contribution in [0.1, 0.15) is 49.8 Å². The first kappa shape index (κ1) is 12.9. The molecule has 2 N–H and O–H groups in total. The molecule has 0 aromatic carbocycles. The lowest BCUT2D eigenvalue weighted by Gasteiger charge is -2.14. The molecule has 1 fully saturated rings. The van der Waals surface area contributed by atoms with Crippen LogP contribution < -0.4 is 10.6 Å². The molecule has 1 aliphatic carbocycles. The van der Waals surface area contributed by atoms with Crippen molar-refractivity contribution in [2.24, 2.45) is 0 Å². The van der Waals surface area contributed by atoms with E-state index >= 15 is 0 Å². The van der Waals surface area contributed by atoms with E-state index < -0.39 is 0 Å². The van der Waals surface area contributed by atoms with E-state index in [1.165, 1.54) is 56.3 Å². The maximum absolute atomic E-state index is 4.46. The maximum Gasteiger partial charge on any atom is 0.132 e. The minimum absolute atomic E-state index is 0.702. The van der Waals surface area contributed by atoms with Crippen LogP contribution in [0.25, 0.3) is 0 Å². The SMILES string of the molecule is c1nc2c(c(NCC[C@H]3CCCN3)n1)CCCCC2. The third-order valence-corrected chi connectivity index (χ3v) is 4.32. The average Bonchev–Trinajstić information content (AvgIpc) is 2.82. The van der Waals surface area contributed by atoms with Crippen molar-refractivity contribution in [3.05, 3.63) is 17.6 Å². The number of hydrogen-bond acceptors (Lipinski definition) is 4. The highest BCUT2D eigenvalue weighted by molar-refractivity contribution is 5.46. The Labute approximate surface area is 115 Å². The molecule has 19 heavy (non-hydrogen) atoms. The van der Waals surface area contributed by atoms with E-state index in [9.17, 15) is 0 Å². The summed E-state index contributed by atoms with van der Waals surface area (Å²) in [7, 11) is 0. The van der Waals surface area contributed by atoms with E-state index in [1.807, 2.05) is 0 Å². The van der Waals surface area contributed by atoms with Crippen molar-refractivity contribution in [1.29, 1.82) is 0 Å². The Morgan fingerprint density at radius 3 is 3.00 bits per heavy atom. The molecule has 0 bridgehead atoms. The normalized spacial score (nSPS) is 22.8. The largest absolute Gasteiger partial charge is 0.370 e. The standard InChI is InChI=1S/C15H24N4/c1-2-6-13-14(7-3-1)18-11-19-15(13)17-10-8-12-5-4-9-16-12/h11-12,16H,1-10H2,(H,17,18,19)/t12-/m1/s1. The second kappa shape index (κ2) is 6.33. The molecule has 2 aliphatic rings. The molecular weight excluding hydrogens is 236 g/mol. The van der Waals surface area contributed by atoms with Crippen LogP contribution in [0.15, 0.2) is 6.33 Å². The molecule has 0 unspecified atom stereocenters. The highest BCUT2D eigenvalue weighted by atomic mass is 15.0. The number of aromatic nitrogens is 2. The van der Waals surface area contributed by atoms with Crippen molar-refractivity contribution in [2.75, 3.05) is 18.4 Å². The van der Waals surface area contributed by atoms with E-state index in [0.29, 0.717) is 6.04 Å². The van der Waals surface area contributed by atoms with Gasteiger partial charge in [-0.25, -0.2) is 9.97 Å². The topological polar surface area (TPSA) is 49.8 Å². The van der Waals surface area contributed by atoms with Gasteiger partial charge in [0.2, 0.25) is 0 Å². The van der Waals surface area contributed by atoms with Gasteiger partial charge in [0.15, 0.2) is 0 Å². The van der Waals surface area contributed by atoms with Gasteiger partial charge >= 0.3 is 0 Å². The summed E-state index contributed by atoms with van der Waals surface area (Å²) in [6.45, 7) is 2.20. The molecule has 4 heteroatoms. The van der Waals surface area contributed by atoms with Crippen molar-refractivity contribution < 1.29 is 0 Å². The number of nitrogens with zero attached hydrogens (tertiary/aromatic N) is 2. The van der Waals surface area contributed by atoms with E-state index in [4.69, 9.17) is 0 Å². The number of hydrogen-bond donors (Lipinski definition) is 2. The fourth-order valence-electron chi connectivity index (χ4n) is 3.22. The lowest BCUT2D eigenvalue weighted by molar-refractivity contribution is 0.574. The van der Waals surface area contributed by atoms with Crippen LogP contribution >= 0.6 is 0 Å². The second-order valence-electron chi connectivity index (χ2n) is 5.72. The molecule has 1 aliphatic heterocycles. The van der Waals surface area contributed by atoms with Gasteiger partial charge < -0.3 is 10.6 Å². The van der Waals surface area contributed by atoms with E-state index in [-0.39, 0.29) is 0 Å². The van der Waals surface area contributed by atoms with Gasteiger partial charge in [-0.05, 0) is 51.5 Å². The average molecular weight is 260 g/mol. The maximum atomic E-state index is 4.46. The number of nitrogens with one attached hydrogen (secondary N) is 2. The van der Waals surface area contributed by atoms with Crippen LogP contribution in [0.5, 0.6) is 0 Å². The third kappa shape index (κ3) is 3.24. The molecule has 0 amide bonds. The molecule has 0 saturated carbocycles. The van der Waals surface area contributed by atoms with Crippen molar-refractivity contribution >= 4 is 5.82 Å². The van der Waals surface area contributed by atoms with E-state index in [2.05, 4.69) is 20.6 Å². The minimum atomic E-state index is 0.702. The molecule has 3 rings (SSSR count). The Kier molecular flexibility index (Phi) is 4.28.